The van der Waals surface area contributed by atoms with Gasteiger partial charge in [-0.25, -0.2) is 4.98 Å². The third kappa shape index (κ3) is 3.60. The largest absolute Gasteiger partial charge is 0.496 e. The summed E-state index contributed by atoms with van der Waals surface area (Å²) in [5, 5.41) is 4.62. The third-order valence-electron chi connectivity index (χ3n) is 3.62. The normalized spacial score (nSPS) is 12.4. The molecular formula is C16H23N3OS. The molecule has 0 amide bonds. The van der Waals surface area contributed by atoms with Gasteiger partial charge in [-0.15, -0.1) is 11.3 Å². The monoisotopic (exact) mass is 305 g/mol. The van der Waals surface area contributed by atoms with Crippen LogP contribution in [0.2, 0.25) is 0 Å². The van der Waals surface area contributed by atoms with Gasteiger partial charge in [0.1, 0.15) is 10.8 Å². The fraction of sp³-hybridized carbons (Fsp3) is 0.500. The van der Waals surface area contributed by atoms with Gasteiger partial charge >= 0.3 is 0 Å². The average molecular weight is 305 g/mol. The van der Waals surface area contributed by atoms with E-state index in [2.05, 4.69) is 36.1 Å². The highest BCUT2D eigenvalue weighted by Crippen LogP contribution is 2.25. The van der Waals surface area contributed by atoms with Gasteiger partial charge in [-0.2, -0.15) is 0 Å². The zero-order valence-electron chi connectivity index (χ0n) is 13.4. The SMILES string of the molecule is CCc1cnc(C(C)NCc2ncc(C)c(OC)c2C)s1. The van der Waals surface area contributed by atoms with Crippen LogP contribution in [0.25, 0.3) is 0 Å². The number of thiazole rings is 1. The second-order valence-corrected chi connectivity index (χ2v) is 6.31. The number of ether oxygens (including phenoxy) is 1. The fourth-order valence-corrected chi connectivity index (χ4v) is 3.16. The minimum absolute atomic E-state index is 0.226. The van der Waals surface area contributed by atoms with E-state index in [0.717, 1.165) is 34.0 Å². The molecule has 0 aliphatic heterocycles. The van der Waals surface area contributed by atoms with Crippen LogP contribution < -0.4 is 10.1 Å². The quantitative estimate of drug-likeness (QED) is 0.886. The molecule has 0 bridgehead atoms. The van der Waals surface area contributed by atoms with Crippen LogP contribution in [0.3, 0.4) is 0 Å². The van der Waals surface area contributed by atoms with E-state index in [9.17, 15) is 0 Å². The Hall–Kier alpha value is -1.46. The first-order chi connectivity index (χ1) is 10.1. The molecule has 0 saturated heterocycles. The van der Waals surface area contributed by atoms with Crippen LogP contribution in [0.15, 0.2) is 12.4 Å². The molecule has 21 heavy (non-hydrogen) atoms. The first-order valence-electron chi connectivity index (χ1n) is 7.23. The summed E-state index contributed by atoms with van der Waals surface area (Å²) in [6, 6.07) is 0.226. The number of rotatable bonds is 6. The maximum Gasteiger partial charge on any atom is 0.128 e. The summed E-state index contributed by atoms with van der Waals surface area (Å²) < 4.78 is 5.45. The summed E-state index contributed by atoms with van der Waals surface area (Å²) in [6.45, 7) is 9.07. The van der Waals surface area contributed by atoms with Gasteiger partial charge in [0.15, 0.2) is 0 Å². The Morgan fingerprint density at radius 3 is 2.67 bits per heavy atom. The number of aryl methyl sites for hydroxylation is 2. The number of pyridine rings is 1. The molecule has 0 radical (unpaired) electrons. The Morgan fingerprint density at radius 2 is 2.05 bits per heavy atom. The zero-order chi connectivity index (χ0) is 15.4. The van der Waals surface area contributed by atoms with Crippen molar-refractivity contribution in [3.63, 3.8) is 0 Å². The fourth-order valence-electron chi connectivity index (χ4n) is 2.27. The summed E-state index contributed by atoms with van der Waals surface area (Å²) >= 11 is 1.77. The minimum Gasteiger partial charge on any atom is -0.496 e. The molecule has 1 N–H and O–H groups in total. The number of nitrogens with one attached hydrogen (secondary N) is 1. The highest BCUT2D eigenvalue weighted by molar-refractivity contribution is 7.11. The maximum absolute atomic E-state index is 5.45. The molecule has 2 rings (SSSR count). The summed E-state index contributed by atoms with van der Waals surface area (Å²) in [6.07, 6.45) is 4.88. The van der Waals surface area contributed by atoms with Crippen LogP contribution in [-0.2, 0) is 13.0 Å². The standard InChI is InChI=1S/C16H23N3OS/c1-6-13-8-19-16(21-13)12(4)17-9-14-11(3)15(20-5)10(2)7-18-14/h7-8,12,17H,6,9H2,1-5H3. The average Bonchev–Trinajstić information content (AvgIpc) is 2.95. The van der Waals surface area contributed by atoms with Crippen molar-refractivity contribution in [1.82, 2.24) is 15.3 Å². The van der Waals surface area contributed by atoms with Gasteiger partial charge in [-0.1, -0.05) is 6.92 Å². The molecule has 0 saturated carbocycles. The van der Waals surface area contributed by atoms with Crippen molar-refractivity contribution < 1.29 is 4.74 Å². The first kappa shape index (κ1) is 15.9. The molecule has 0 aromatic carbocycles. The number of hydrogen-bond acceptors (Lipinski definition) is 5. The third-order valence-corrected chi connectivity index (χ3v) is 4.94. The van der Waals surface area contributed by atoms with Crippen molar-refractivity contribution >= 4 is 11.3 Å². The van der Waals surface area contributed by atoms with E-state index in [1.54, 1.807) is 18.4 Å². The molecule has 5 heteroatoms. The summed E-state index contributed by atoms with van der Waals surface area (Å²) in [5.74, 6) is 0.928. The topological polar surface area (TPSA) is 47.0 Å². The van der Waals surface area contributed by atoms with Gasteiger partial charge in [0.05, 0.1) is 18.8 Å². The van der Waals surface area contributed by atoms with Gasteiger partial charge in [-0.3, -0.25) is 4.98 Å². The zero-order valence-corrected chi connectivity index (χ0v) is 14.2. The van der Waals surface area contributed by atoms with Crippen molar-refractivity contribution in [3.8, 4) is 5.75 Å². The molecule has 1 atom stereocenters. The number of methoxy groups -OCH3 is 1. The maximum atomic E-state index is 5.45. The van der Waals surface area contributed by atoms with Crippen LogP contribution in [0.5, 0.6) is 5.75 Å². The predicted molar refractivity (Wildman–Crippen MR) is 87.0 cm³/mol. The van der Waals surface area contributed by atoms with E-state index < -0.39 is 0 Å². The molecule has 0 fully saturated rings. The Balaban J connectivity index is 2.06. The highest BCUT2D eigenvalue weighted by Gasteiger charge is 2.13. The minimum atomic E-state index is 0.226. The summed E-state index contributed by atoms with van der Waals surface area (Å²) in [5.41, 5.74) is 3.20. The van der Waals surface area contributed by atoms with Crippen LogP contribution in [0.4, 0.5) is 0 Å². The van der Waals surface area contributed by atoms with Crippen molar-refractivity contribution in [3.05, 3.63) is 39.1 Å². The summed E-state index contributed by atoms with van der Waals surface area (Å²) in [7, 11) is 1.71. The molecule has 4 nitrogen and oxygen atoms in total. The van der Waals surface area contributed by atoms with Crippen molar-refractivity contribution in [2.75, 3.05) is 7.11 Å². The van der Waals surface area contributed by atoms with Crippen LogP contribution in [-0.4, -0.2) is 17.1 Å². The van der Waals surface area contributed by atoms with Gasteiger partial charge in [0.2, 0.25) is 0 Å². The summed E-state index contributed by atoms with van der Waals surface area (Å²) in [4.78, 5) is 10.3. The molecular weight excluding hydrogens is 282 g/mol. The van der Waals surface area contributed by atoms with E-state index in [1.807, 2.05) is 19.3 Å². The van der Waals surface area contributed by atoms with Crippen molar-refractivity contribution in [2.45, 2.75) is 46.7 Å². The Morgan fingerprint density at radius 1 is 1.29 bits per heavy atom. The van der Waals surface area contributed by atoms with Gasteiger partial charge < -0.3 is 10.1 Å². The van der Waals surface area contributed by atoms with Crippen LogP contribution >= 0.6 is 11.3 Å². The molecule has 2 heterocycles. The number of hydrogen-bond donors (Lipinski definition) is 1. The lowest BCUT2D eigenvalue weighted by atomic mass is 10.1. The van der Waals surface area contributed by atoms with Crippen LogP contribution in [0, 0.1) is 13.8 Å². The predicted octanol–water partition coefficient (Wildman–Crippen LogP) is 3.58. The van der Waals surface area contributed by atoms with Crippen LogP contribution in [0.1, 0.15) is 46.6 Å². The second-order valence-electron chi connectivity index (χ2n) is 5.17. The Labute approximate surface area is 130 Å². The van der Waals surface area contributed by atoms with E-state index in [0.29, 0.717) is 6.54 Å². The first-order valence-corrected chi connectivity index (χ1v) is 8.05. The van der Waals surface area contributed by atoms with Crippen molar-refractivity contribution in [2.24, 2.45) is 0 Å². The lowest BCUT2D eigenvalue weighted by Gasteiger charge is -2.15. The molecule has 0 spiro atoms. The molecule has 1 unspecified atom stereocenters. The lowest BCUT2D eigenvalue weighted by Crippen LogP contribution is -2.19. The number of nitrogens with zero attached hydrogens (tertiary/aromatic N) is 2. The van der Waals surface area contributed by atoms with E-state index in [-0.39, 0.29) is 6.04 Å². The molecule has 0 aliphatic carbocycles. The van der Waals surface area contributed by atoms with Gasteiger partial charge in [0, 0.05) is 34.9 Å². The lowest BCUT2D eigenvalue weighted by molar-refractivity contribution is 0.406. The Bertz CT molecular complexity index is 610. The van der Waals surface area contributed by atoms with Gasteiger partial charge in [-0.05, 0) is 27.2 Å². The van der Waals surface area contributed by atoms with E-state index in [4.69, 9.17) is 4.74 Å². The molecule has 2 aromatic heterocycles. The van der Waals surface area contributed by atoms with Gasteiger partial charge in [0.25, 0.3) is 0 Å². The highest BCUT2D eigenvalue weighted by atomic mass is 32.1. The Kier molecular flexibility index (Phi) is 5.31. The smallest absolute Gasteiger partial charge is 0.128 e. The second kappa shape index (κ2) is 7.00. The number of aromatic nitrogens is 2. The molecule has 0 aliphatic rings. The molecule has 114 valence electrons. The van der Waals surface area contributed by atoms with Crippen molar-refractivity contribution in [1.29, 1.82) is 0 Å². The molecule has 2 aromatic rings. The van der Waals surface area contributed by atoms with E-state index in [1.165, 1.54) is 4.88 Å². The van der Waals surface area contributed by atoms with E-state index >= 15 is 0 Å².